The Hall–Kier alpha value is -0.930. The van der Waals surface area contributed by atoms with E-state index in [2.05, 4.69) is 31.4 Å². The van der Waals surface area contributed by atoms with Crippen LogP contribution in [0.15, 0.2) is 24.3 Å². The van der Waals surface area contributed by atoms with Gasteiger partial charge in [-0.15, -0.1) is 0 Å². The maximum Gasteiger partial charge on any atom is 0.127 e. The van der Waals surface area contributed by atoms with Gasteiger partial charge in [0, 0.05) is 31.2 Å². The van der Waals surface area contributed by atoms with Gasteiger partial charge in [-0.1, -0.05) is 32.0 Å². The van der Waals surface area contributed by atoms with Gasteiger partial charge in [0.15, 0.2) is 0 Å². The molecule has 2 nitrogen and oxygen atoms in total. The zero-order chi connectivity index (χ0) is 13.4. The summed E-state index contributed by atoms with van der Waals surface area (Å²) in [7, 11) is 0. The van der Waals surface area contributed by atoms with Gasteiger partial charge in [0.2, 0.25) is 0 Å². The third kappa shape index (κ3) is 6.12. The lowest BCUT2D eigenvalue weighted by molar-refractivity contribution is 0.438. The first-order chi connectivity index (χ1) is 8.59. The predicted octanol–water partition coefficient (Wildman–Crippen LogP) is 2.94. The molecule has 102 valence electrons. The SMILES string of the molecule is CC(C)CC(C)NCCNCc1ccccc1F. The molecule has 2 N–H and O–H groups in total. The lowest BCUT2D eigenvalue weighted by Gasteiger charge is -2.16. The second-order valence-corrected chi connectivity index (χ2v) is 5.25. The summed E-state index contributed by atoms with van der Waals surface area (Å²) in [5.74, 6) is 0.588. The molecule has 1 aromatic rings. The van der Waals surface area contributed by atoms with Gasteiger partial charge < -0.3 is 10.6 Å². The monoisotopic (exact) mass is 252 g/mol. The molecule has 1 rings (SSSR count). The molecule has 1 unspecified atom stereocenters. The number of halogens is 1. The average Bonchev–Trinajstić information content (AvgIpc) is 2.30. The summed E-state index contributed by atoms with van der Waals surface area (Å²) in [5, 5.41) is 6.71. The van der Waals surface area contributed by atoms with Gasteiger partial charge in [-0.3, -0.25) is 0 Å². The van der Waals surface area contributed by atoms with Crippen molar-refractivity contribution >= 4 is 0 Å². The molecule has 0 aliphatic heterocycles. The van der Waals surface area contributed by atoms with Crippen LogP contribution in [0.2, 0.25) is 0 Å². The average molecular weight is 252 g/mol. The second-order valence-electron chi connectivity index (χ2n) is 5.25. The van der Waals surface area contributed by atoms with Gasteiger partial charge in [0.05, 0.1) is 0 Å². The zero-order valence-corrected chi connectivity index (χ0v) is 11.7. The van der Waals surface area contributed by atoms with Crippen molar-refractivity contribution in [3.05, 3.63) is 35.6 Å². The number of benzene rings is 1. The molecule has 0 aromatic heterocycles. The van der Waals surface area contributed by atoms with Crippen LogP contribution in [-0.4, -0.2) is 19.1 Å². The Labute approximate surface area is 110 Å². The quantitative estimate of drug-likeness (QED) is 0.695. The summed E-state index contributed by atoms with van der Waals surface area (Å²) in [5.41, 5.74) is 0.729. The topological polar surface area (TPSA) is 24.1 Å². The minimum absolute atomic E-state index is 0.133. The molecule has 0 saturated carbocycles. The minimum Gasteiger partial charge on any atom is -0.313 e. The molecule has 0 saturated heterocycles. The molecule has 0 bridgehead atoms. The predicted molar refractivity (Wildman–Crippen MR) is 75.0 cm³/mol. The Kier molecular flexibility index (Phi) is 6.91. The Morgan fingerprint density at radius 3 is 2.50 bits per heavy atom. The standard InChI is InChI=1S/C15H25FN2/c1-12(2)10-13(3)18-9-8-17-11-14-6-4-5-7-15(14)16/h4-7,12-13,17-18H,8-11H2,1-3H3. The molecule has 18 heavy (non-hydrogen) atoms. The van der Waals surface area contributed by atoms with E-state index in [0.717, 1.165) is 24.6 Å². The van der Waals surface area contributed by atoms with Crippen LogP contribution >= 0.6 is 0 Å². The lowest BCUT2D eigenvalue weighted by atomic mass is 10.1. The van der Waals surface area contributed by atoms with Crippen LogP contribution in [0.4, 0.5) is 4.39 Å². The molecule has 0 aliphatic carbocycles. The molecule has 3 heteroatoms. The van der Waals surface area contributed by atoms with Crippen molar-refractivity contribution in [2.45, 2.75) is 39.8 Å². The zero-order valence-electron chi connectivity index (χ0n) is 11.7. The Bertz CT molecular complexity index is 339. The van der Waals surface area contributed by atoms with Gasteiger partial charge in [0.1, 0.15) is 5.82 Å². The van der Waals surface area contributed by atoms with E-state index in [4.69, 9.17) is 0 Å². The maximum absolute atomic E-state index is 13.3. The molecular formula is C15H25FN2. The third-order valence-corrected chi connectivity index (χ3v) is 2.89. The van der Waals surface area contributed by atoms with Crippen LogP contribution in [0, 0.1) is 11.7 Å². The smallest absolute Gasteiger partial charge is 0.127 e. The van der Waals surface area contributed by atoms with E-state index in [1.54, 1.807) is 6.07 Å². The van der Waals surface area contributed by atoms with Crippen molar-refractivity contribution < 1.29 is 4.39 Å². The van der Waals surface area contributed by atoms with Gasteiger partial charge in [-0.2, -0.15) is 0 Å². The molecule has 0 heterocycles. The number of nitrogens with one attached hydrogen (secondary N) is 2. The first-order valence-corrected chi connectivity index (χ1v) is 6.77. The Balaban J connectivity index is 2.11. The first-order valence-electron chi connectivity index (χ1n) is 6.77. The fraction of sp³-hybridized carbons (Fsp3) is 0.600. The van der Waals surface area contributed by atoms with Gasteiger partial charge in [-0.05, 0) is 25.3 Å². The number of hydrogen-bond donors (Lipinski definition) is 2. The normalized spacial score (nSPS) is 12.9. The largest absolute Gasteiger partial charge is 0.313 e. The molecule has 1 atom stereocenters. The van der Waals surface area contributed by atoms with E-state index in [9.17, 15) is 4.39 Å². The highest BCUT2D eigenvalue weighted by atomic mass is 19.1. The summed E-state index contributed by atoms with van der Waals surface area (Å²) < 4.78 is 13.3. The van der Waals surface area contributed by atoms with Crippen molar-refractivity contribution in [1.82, 2.24) is 10.6 Å². The maximum atomic E-state index is 13.3. The summed E-state index contributed by atoms with van der Waals surface area (Å²) in [4.78, 5) is 0. The van der Waals surface area contributed by atoms with Crippen LogP contribution in [-0.2, 0) is 6.54 Å². The van der Waals surface area contributed by atoms with Gasteiger partial charge in [0.25, 0.3) is 0 Å². The van der Waals surface area contributed by atoms with Crippen LogP contribution in [0.1, 0.15) is 32.8 Å². The highest BCUT2D eigenvalue weighted by molar-refractivity contribution is 5.16. The van der Waals surface area contributed by atoms with E-state index in [1.807, 2.05) is 12.1 Å². The Morgan fingerprint density at radius 1 is 1.11 bits per heavy atom. The highest BCUT2D eigenvalue weighted by Crippen LogP contribution is 2.05. The summed E-state index contributed by atoms with van der Waals surface area (Å²) in [6, 6.07) is 7.44. The van der Waals surface area contributed by atoms with Crippen molar-refractivity contribution in [1.29, 1.82) is 0 Å². The Morgan fingerprint density at radius 2 is 1.83 bits per heavy atom. The molecule has 1 aromatic carbocycles. The van der Waals surface area contributed by atoms with Crippen molar-refractivity contribution in [3.8, 4) is 0 Å². The van der Waals surface area contributed by atoms with Crippen LogP contribution in [0.5, 0.6) is 0 Å². The first kappa shape index (κ1) is 15.1. The molecule has 0 spiro atoms. The van der Waals surface area contributed by atoms with Crippen LogP contribution in [0.3, 0.4) is 0 Å². The highest BCUT2D eigenvalue weighted by Gasteiger charge is 2.03. The summed E-state index contributed by atoms with van der Waals surface area (Å²) in [6.07, 6.45) is 1.19. The number of rotatable bonds is 8. The minimum atomic E-state index is -0.133. The molecule has 0 fully saturated rings. The lowest BCUT2D eigenvalue weighted by Crippen LogP contribution is -2.34. The van der Waals surface area contributed by atoms with Gasteiger partial charge in [-0.25, -0.2) is 4.39 Å². The molecule has 0 aliphatic rings. The van der Waals surface area contributed by atoms with E-state index in [-0.39, 0.29) is 5.82 Å². The van der Waals surface area contributed by atoms with E-state index >= 15 is 0 Å². The summed E-state index contributed by atoms with van der Waals surface area (Å²) in [6.45, 7) is 9.03. The molecular weight excluding hydrogens is 227 g/mol. The van der Waals surface area contributed by atoms with E-state index in [0.29, 0.717) is 12.6 Å². The summed E-state index contributed by atoms with van der Waals surface area (Å²) >= 11 is 0. The van der Waals surface area contributed by atoms with E-state index < -0.39 is 0 Å². The fourth-order valence-electron chi connectivity index (χ4n) is 2.06. The van der Waals surface area contributed by atoms with Crippen LogP contribution < -0.4 is 10.6 Å². The van der Waals surface area contributed by atoms with Crippen molar-refractivity contribution in [2.24, 2.45) is 5.92 Å². The number of hydrogen-bond acceptors (Lipinski definition) is 2. The molecule has 0 amide bonds. The van der Waals surface area contributed by atoms with E-state index in [1.165, 1.54) is 12.5 Å². The van der Waals surface area contributed by atoms with Crippen molar-refractivity contribution in [3.63, 3.8) is 0 Å². The van der Waals surface area contributed by atoms with Crippen LogP contribution in [0.25, 0.3) is 0 Å². The van der Waals surface area contributed by atoms with Gasteiger partial charge >= 0.3 is 0 Å². The third-order valence-electron chi connectivity index (χ3n) is 2.89. The van der Waals surface area contributed by atoms with Crippen molar-refractivity contribution in [2.75, 3.05) is 13.1 Å². The second kappa shape index (κ2) is 8.22. The molecule has 0 radical (unpaired) electrons. The fourth-order valence-corrected chi connectivity index (χ4v) is 2.06.